The molecule has 0 bridgehead atoms. The van der Waals surface area contributed by atoms with Gasteiger partial charge in [0.25, 0.3) is 5.56 Å². The Labute approximate surface area is 169 Å². The van der Waals surface area contributed by atoms with Gasteiger partial charge >= 0.3 is 5.97 Å². The van der Waals surface area contributed by atoms with E-state index in [-0.39, 0.29) is 12.4 Å². The molecule has 0 atom stereocenters. The quantitative estimate of drug-likeness (QED) is 0.411. The van der Waals surface area contributed by atoms with Crippen molar-refractivity contribution in [3.8, 4) is 5.75 Å². The lowest BCUT2D eigenvalue weighted by atomic mass is 10.0. The number of hydrogen-bond acceptors (Lipinski definition) is 7. The van der Waals surface area contributed by atoms with Gasteiger partial charge in [-0.3, -0.25) is 4.79 Å². The summed E-state index contributed by atoms with van der Waals surface area (Å²) in [5.74, 6) is -0.408. The van der Waals surface area contributed by atoms with Crippen LogP contribution in [0.4, 0.5) is 0 Å². The summed E-state index contributed by atoms with van der Waals surface area (Å²) in [6, 6.07) is 11.0. The molecule has 0 spiro atoms. The molecule has 2 heterocycles. The van der Waals surface area contributed by atoms with Gasteiger partial charge in [0.1, 0.15) is 21.8 Å². The fraction of sp³-hybridized carbons (Fsp3) is 0.143. The highest BCUT2D eigenvalue weighted by molar-refractivity contribution is 7.20. The second-order valence-corrected chi connectivity index (χ2v) is 7.31. The van der Waals surface area contributed by atoms with Gasteiger partial charge < -0.3 is 9.84 Å². The van der Waals surface area contributed by atoms with Crippen LogP contribution in [0.25, 0.3) is 21.0 Å². The maximum Gasteiger partial charge on any atom is 0.348 e. The average molecular weight is 407 g/mol. The van der Waals surface area contributed by atoms with E-state index in [9.17, 15) is 14.7 Å². The van der Waals surface area contributed by atoms with Crippen LogP contribution in [-0.2, 0) is 4.74 Å². The first kappa shape index (κ1) is 18.8. The second-order valence-electron chi connectivity index (χ2n) is 6.32. The monoisotopic (exact) mass is 407 g/mol. The van der Waals surface area contributed by atoms with Crippen molar-refractivity contribution in [2.24, 2.45) is 5.10 Å². The second kappa shape index (κ2) is 7.48. The largest absolute Gasteiger partial charge is 0.507 e. The van der Waals surface area contributed by atoms with Crippen LogP contribution in [0.1, 0.15) is 27.7 Å². The highest BCUT2D eigenvalue weighted by atomic mass is 32.1. The number of aryl methyl sites for hydroxylation is 1. The van der Waals surface area contributed by atoms with Crippen LogP contribution in [0, 0.1) is 6.92 Å². The number of carbonyl (C=O) groups is 1. The summed E-state index contributed by atoms with van der Waals surface area (Å²) in [6.45, 7) is 3.67. The lowest BCUT2D eigenvalue weighted by molar-refractivity contribution is 0.0531. The van der Waals surface area contributed by atoms with E-state index in [4.69, 9.17) is 4.74 Å². The normalized spacial score (nSPS) is 11.5. The number of benzene rings is 2. The molecule has 2 aromatic heterocycles. The summed E-state index contributed by atoms with van der Waals surface area (Å²) in [6.07, 6.45) is 2.73. The summed E-state index contributed by atoms with van der Waals surface area (Å²) in [5.41, 5.74) is 0.637. The molecule has 1 N–H and O–H groups in total. The van der Waals surface area contributed by atoms with E-state index in [2.05, 4.69) is 10.1 Å². The van der Waals surface area contributed by atoms with Crippen LogP contribution < -0.4 is 5.56 Å². The number of phenolic OH excluding ortho intramolecular Hbond substituents is 1. The van der Waals surface area contributed by atoms with E-state index >= 15 is 0 Å². The molecule has 0 aliphatic rings. The predicted octanol–water partition coefficient (Wildman–Crippen LogP) is 3.68. The minimum absolute atomic E-state index is 0.0610. The summed E-state index contributed by atoms with van der Waals surface area (Å²) < 4.78 is 6.14. The zero-order valence-electron chi connectivity index (χ0n) is 15.7. The van der Waals surface area contributed by atoms with Gasteiger partial charge in [-0.05, 0) is 36.2 Å². The number of phenols is 1. The van der Waals surface area contributed by atoms with E-state index < -0.39 is 11.5 Å². The molecule has 0 amide bonds. The number of nitrogens with zero attached hydrogens (tertiary/aromatic N) is 3. The summed E-state index contributed by atoms with van der Waals surface area (Å²) in [7, 11) is 0. The third-order valence-electron chi connectivity index (χ3n) is 4.55. The third kappa shape index (κ3) is 3.27. The molecule has 29 heavy (non-hydrogen) atoms. The molecule has 0 saturated heterocycles. The first-order valence-electron chi connectivity index (χ1n) is 8.94. The maximum absolute atomic E-state index is 12.9. The van der Waals surface area contributed by atoms with Crippen molar-refractivity contribution >= 4 is 44.5 Å². The fourth-order valence-electron chi connectivity index (χ4n) is 3.13. The van der Waals surface area contributed by atoms with Gasteiger partial charge in [0.05, 0.1) is 18.2 Å². The number of aromatic hydroxyl groups is 1. The number of carbonyl (C=O) groups excluding carboxylic acids is 1. The van der Waals surface area contributed by atoms with Gasteiger partial charge in [0.2, 0.25) is 0 Å². The van der Waals surface area contributed by atoms with E-state index in [1.165, 1.54) is 12.5 Å². The molecule has 8 heteroatoms. The van der Waals surface area contributed by atoms with Crippen molar-refractivity contribution in [1.82, 2.24) is 9.66 Å². The third-order valence-corrected chi connectivity index (χ3v) is 5.73. The molecule has 7 nitrogen and oxygen atoms in total. The molecule has 2 aromatic carbocycles. The molecule has 0 radical (unpaired) electrons. The SMILES string of the molecule is CCOC(=O)c1sc2ncn(N=Cc3c(O)ccc4ccccc34)c(=O)c2c1C. The van der Waals surface area contributed by atoms with Crippen LogP contribution in [-0.4, -0.2) is 33.6 Å². The van der Waals surface area contributed by atoms with Crippen molar-refractivity contribution in [2.75, 3.05) is 6.61 Å². The zero-order chi connectivity index (χ0) is 20.5. The van der Waals surface area contributed by atoms with Gasteiger partial charge in [-0.2, -0.15) is 9.78 Å². The number of fused-ring (bicyclic) bond motifs is 2. The smallest absolute Gasteiger partial charge is 0.348 e. The summed E-state index contributed by atoms with van der Waals surface area (Å²) >= 11 is 1.12. The molecule has 0 fully saturated rings. The Hall–Kier alpha value is -3.52. The lowest BCUT2D eigenvalue weighted by Gasteiger charge is -2.05. The van der Waals surface area contributed by atoms with Crippen molar-refractivity contribution in [1.29, 1.82) is 0 Å². The van der Waals surface area contributed by atoms with Gasteiger partial charge in [-0.25, -0.2) is 9.78 Å². The van der Waals surface area contributed by atoms with Crippen LogP contribution in [0.2, 0.25) is 0 Å². The summed E-state index contributed by atoms with van der Waals surface area (Å²) in [4.78, 5) is 30.1. The van der Waals surface area contributed by atoms with Crippen molar-refractivity contribution in [3.63, 3.8) is 0 Å². The Kier molecular flexibility index (Phi) is 4.85. The Morgan fingerprint density at radius 1 is 1.31 bits per heavy atom. The van der Waals surface area contributed by atoms with Crippen LogP contribution in [0.5, 0.6) is 5.75 Å². The predicted molar refractivity (Wildman–Crippen MR) is 113 cm³/mol. The number of thiophene rings is 1. The average Bonchev–Trinajstić information content (AvgIpc) is 3.06. The first-order valence-corrected chi connectivity index (χ1v) is 9.76. The molecular formula is C21H17N3O4S. The molecule has 0 aliphatic carbocycles. The van der Waals surface area contributed by atoms with Crippen LogP contribution >= 0.6 is 11.3 Å². The molecule has 0 aliphatic heterocycles. The Bertz CT molecular complexity index is 1340. The number of ether oxygens (including phenoxy) is 1. The van der Waals surface area contributed by atoms with E-state index in [0.29, 0.717) is 26.2 Å². The molecular weight excluding hydrogens is 390 g/mol. The molecule has 4 rings (SSSR count). The van der Waals surface area contributed by atoms with Gasteiger partial charge in [0, 0.05) is 5.56 Å². The van der Waals surface area contributed by atoms with Crippen molar-refractivity contribution in [2.45, 2.75) is 13.8 Å². The van der Waals surface area contributed by atoms with E-state index in [0.717, 1.165) is 26.8 Å². The standard InChI is InChI=1S/C21H17N3O4S/c1-3-28-21(27)18-12(2)17-19(29-18)22-11-24(20(17)26)23-10-15-14-7-5-4-6-13(14)8-9-16(15)25/h4-11,25H,3H2,1-2H3. The number of aromatic nitrogens is 2. The van der Waals surface area contributed by atoms with E-state index in [1.807, 2.05) is 30.3 Å². The fourth-order valence-corrected chi connectivity index (χ4v) is 4.16. The number of hydrogen-bond donors (Lipinski definition) is 1. The Morgan fingerprint density at radius 2 is 2.10 bits per heavy atom. The number of esters is 1. The Balaban J connectivity index is 1.81. The van der Waals surface area contributed by atoms with E-state index in [1.54, 1.807) is 19.9 Å². The zero-order valence-corrected chi connectivity index (χ0v) is 16.6. The van der Waals surface area contributed by atoms with Crippen LogP contribution in [0.3, 0.4) is 0 Å². The first-order chi connectivity index (χ1) is 14.0. The Morgan fingerprint density at radius 3 is 2.90 bits per heavy atom. The van der Waals surface area contributed by atoms with Gasteiger partial charge in [-0.1, -0.05) is 30.3 Å². The highest BCUT2D eigenvalue weighted by Gasteiger charge is 2.20. The van der Waals surface area contributed by atoms with Gasteiger partial charge in [-0.15, -0.1) is 11.3 Å². The van der Waals surface area contributed by atoms with Gasteiger partial charge in [0.15, 0.2) is 0 Å². The molecule has 0 saturated carbocycles. The summed E-state index contributed by atoms with van der Waals surface area (Å²) in [5, 5.41) is 16.5. The number of rotatable bonds is 4. The molecule has 146 valence electrons. The topological polar surface area (TPSA) is 93.8 Å². The minimum Gasteiger partial charge on any atom is -0.507 e. The lowest BCUT2D eigenvalue weighted by Crippen LogP contribution is -2.17. The highest BCUT2D eigenvalue weighted by Crippen LogP contribution is 2.28. The molecule has 4 aromatic rings. The minimum atomic E-state index is -0.469. The van der Waals surface area contributed by atoms with Crippen molar-refractivity contribution in [3.05, 3.63) is 69.1 Å². The molecule has 0 unspecified atom stereocenters. The van der Waals surface area contributed by atoms with Crippen LogP contribution in [0.15, 0.2) is 52.6 Å². The van der Waals surface area contributed by atoms with Crippen molar-refractivity contribution < 1.29 is 14.6 Å². The maximum atomic E-state index is 12.9.